The number of halogens is 1. The number of H-pyrrole nitrogens is 1. The van der Waals surface area contributed by atoms with Crippen molar-refractivity contribution < 1.29 is 4.79 Å². The lowest BCUT2D eigenvalue weighted by molar-refractivity contribution is 0.0989. The van der Waals surface area contributed by atoms with Crippen LogP contribution in [0.15, 0.2) is 41.3 Å². The van der Waals surface area contributed by atoms with Gasteiger partial charge in [-0.25, -0.2) is 4.98 Å². The van der Waals surface area contributed by atoms with Crippen molar-refractivity contribution in [2.75, 3.05) is 11.4 Å². The number of imidazole rings is 1. The third-order valence-corrected chi connectivity index (χ3v) is 7.23. The zero-order chi connectivity index (χ0) is 24.0. The summed E-state index contributed by atoms with van der Waals surface area (Å²) >= 11 is 6.14. The summed E-state index contributed by atoms with van der Waals surface area (Å²) in [7, 11) is 0. The predicted octanol–water partition coefficient (Wildman–Crippen LogP) is 6.02. The molecular formula is C27H29ClN4O2. The average Bonchev–Trinajstić information content (AvgIpc) is 3.44. The zero-order valence-corrected chi connectivity index (χ0v) is 20.6. The molecule has 5 rings (SSSR count). The van der Waals surface area contributed by atoms with Gasteiger partial charge in [0.1, 0.15) is 11.3 Å². The molecule has 34 heavy (non-hydrogen) atoms. The number of aromatic nitrogens is 3. The first-order valence-electron chi connectivity index (χ1n) is 12.1. The molecule has 1 amide bonds. The van der Waals surface area contributed by atoms with Gasteiger partial charge in [-0.3, -0.25) is 14.0 Å². The molecule has 3 heterocycles. The van der Waals surface area contributed by atoms with Crippen LogP contribution in [-0.2, 0) is 6.42 Å². The highest BCUT2D eigenvalue weighted by Gasteiger charge is 2.28. The van der Waals surface area contributed by atoms with E-state index in [-0.39, 0.29) is 17.4 Å². The van der Waals surface area contributed by atoms with Crippen LogP contribution in [0.3, 0.4) is 0 Å². The lowest BCUT2D eigenvalue weighted by atomic mass is 9.97. The van der Waals surface area contributed by atoms with E-state index in [2.05, 4.69) is 23.8 Å². The number of benzene rings is 2. The van der Waals surface area contributed by atoms with E-state index < -0.39 is 0 Å². The molecule has 1 aliphatic heterocycles. The molecule has 176 valence electrons. The Balaban J connectivity index is 1.64. The molecule has 1 aliphatic rings. The third kappa shape index (κ3) is 3.61. The standard InChI is InChI=1S/C27H29ClN4O2/c1-4-6-17(7-5-2)25-29-15-23-26(33)30-24-16(3)20(9-11-22(24)32(23)25)27(34)31-13-12-18-14-19(28)8-10-21(18)31/h8-11,14-15,17H,4-7,12-13H2,1-3H3,(H,30,33). The highest BCUT2D eigenvalue weighted by Crippen LogP contribution is 2.33. The monoisotopic (exact) mass is 476 g/mol. The molecule has 0 bridgehead atoms. The smallest absolute Gasteiger partial charge is 0.274 e. The summed E-state index contributed by atoms with van der Waals surface area (Å²) < 4.78 is 2.00. The molecule has 0 radical (unpaired) electrons. The van der Waals surface area contributed by atoms with Crippen molar-refractivity contribution in [3.05, 3.63) is 74.4 Å². The maximum atomic E-state index is 13.6. The van der Waals surface area contributed by atoms with E-state index in [9.17, 15) is 9.59 Å². The van der Waals surface area contributed by atoms with Gasteiger partial charge in [0.2, 0.25) is 0 Å². The summed E-state index contributed by atoms with van der Waals surface area (Å²) in [4.78, 5) is 36.1. The number of anilines is 1. The van der Waals surface area contributed by atoms with Crippen LogP contribution in [0.1, 0.15) is 72.8 Å². The third-order valence-electron chi connectivity index (χ3n) is 7.00. The van der Waals surface area contributed by atoms with Gasteiger partial charge in [-0.2, -0.15) is 0 Å². The Bertz CT molecular complexity index is 1460. The van der Waals surface area contributed by atoms with Gasteiger partial charge >= 0.3 is 0 Å². The van der Waals surface area contributed by atoms with Crippen LogP contribution in [0.25, 0.3) is 16.6 Å². The molecule has 0 saturated carbocycles. The summed E-state index contributed by atoms with van der Waals surface area (Å²) in [6.45, 7) is 6.87. The Morgan fingerprint density at radius 2 is 1.91 bits per heavy atom. The Kier molecular flexibility index (Phi) is 5.94. The zero-order valence-electron chi connectivity index (χ0n) is 19.8. The minimum absolute atomic E-state index is 0.0675. The van der Waals surface area contributed by atoms with E-state index in [1.54, 1.807) is 11.1 Å². The second-order valence-electron chi connectivity index (χ2n) is 9.18. The van der Waals surface area contributed by atoms with Crippen molar-refractivity contribution >= 4 is 39.7 Å². The lowest BCUT2D eigenvalue weighted by Crippen LogP contribution is -2.29. The fourth-order valence-corrected chi connectivity index (χ4v) is 5.54. The summed E-state index contributed by atoms with van der Waals surface area (Å²) in [5.74, 6) is 1.15. The maximum Gasteiger partial charge on any atom is 0.274 e. The number of nitrogens with zero attached hydrogens (tertiary/aromatic N) is 3. The molecule has 0 saturated heterocycles. The number of carbonyl (C=O) groups is 1. The highest BCUT2D eigenvalue weighted by molar-refractivity contribution is 6.30. The van der Waals surface area contributed by atoms with E-state index in [1.165, 1.54) is 0 Å². The first-order valence-corrected chi connectivity index (χ1v) is 12.5. The van der Waals surface area contributed by atoms with Gasteiger partial charge < -0.3 is 9.88 Å². The number of rotatable bonds is 6. The summed E-state index contributed by atoms with van der Waals surface area (Å²) in [5, 5.41) is 0.678. The van der Waals surface area contributed by atoms with E-state index in [0.717, 1.165) is 60.3 Å². The summed E-state index contributed by atoms with van der Waals surface area (Å²) in [6.07, 6.45) is 6.61. The largest absolute Gasteiger partial charge is 0.319 e. The van der Waals surface area contributed by atoms with Gasteiger partial charge in [0.15, 0.2) is 0 Å². The molecule has 0 unspecified atom stereocenters. The van der Waals surface area contributed by atoms with Crippen LogP contribution in [0.2, 0.25) is 5.02 Å². The van der Waals surface area contributed by atoms with Crippen LogP contribution >= 0.6 is 11.6 Å². The summed E-state index contributed by atoms with van der Waals surface area (Å²) in [6, 6.07) is 9.47. The van der Waals surface area contributed by atoms with Crippen LogP contribution in [-0.4, -0.2) is 26.8 Å². The Morgan fingerprint density at radius 1 is 1.15 bits per heavy atom. The van der Waals surface area contributed by atoms with Crippen LogP contribution in [0.4, 0.5) is 5.69 Å². The van der Waals surface area contributed by atoms with Crippen LogP contribution in [0.5, 0.6) is 0 Å². The number of nitrogens with one attached hydrogen (secondary N) is 1. The van der Waals surface area contributed by atoms with Crippen LogP contribution < -0.4 is 10.5 Å². The first kappa shape index (κ1) is 22.7. The fraction of sp³-hybridized carbons (Fsp3) is 0.370. The van der Waals surface area contributed by atoms with Gasteiger partial charge in [-0.05, 0) is 67.6 Å². The van der Waals surface area contributed by atoms with E-state index in [4.69, 9.17) is 11.6 Å². The quantitative estimate of drug-likeness (QED) is 0.369. The SMILES string of the molecule is CCCC(CCC)c1ncc2c(=O)[nH]c3c(C)c(C(=O)N4CCc5cc(Cl)ccc54)ccc3n12. The fourth-order valence-electron chi connectivity index (χ4n) is 5.34. The average molecular weight is 477 g/mol. The van der Waals surface area contributed by atoms with Gasteiger partial charge in [0.25, 0.3) is 11.5 Å². The van der Waals surface area contributed by atoms with E-state index in [1.807, 2.05) is 41.7 Å². The van der Waals surface area contributed by atoms with Crippen molar-refractivity contribution in [3.8, 4) is 0 Å². The molecule has 0 fully saturated rings. The number of aryl methyl sites for hydroxylation is 1. The normalized spacial score (nSPS) is 13.4. The second kappa shape index (κ2) is 8.91. The number of aromatic amines is 1. The molecule has 6 nitrogen and oxygen atoms in total. The van der Waals surface area contributed by atoms with Gasteiger partial charge in [-0.15, -0.1) is 0 Å². The Labute approximate surface area is 203 Å². The van der Waals surface area contributed by atoms with Gasteiger partial charge in [-0.1, -0.05) is 38.3 Å². The van der Waals surface area contributed by atoms with Crippen molar-refractivity contribution in [1.29, 1.82) is 0 Å². The van der Waals surface area contributed by atoms with Crippen molar-refractivity contribution in [2.24, 2.45) is 0 Å². The molecule has 1 N–H and O–H groups in total. The Morgan fingerprint density at radius 3 is 2.65 bits per heavy atom. The predicted molar refractivity (Wildman–Crippen MR) is 137 cm³/mol. The molecular weight excluding hydrogens is 448 g/mol. The lowest BCUT2D eigenvalue weighted by Gasteiger charge is -2.20. The number of fused-ring (bicyclic) bond motifs is 4. The number of amides is 1. The van der Waals surface area contributed by atoms with Crippen molar-refractivity contribution in [2.45, 2.75) is 58.8 Å². The Hall–Kier alpha value is -3.12. The highest BCUT2D eigenvalue weighted by atomic mass is 35.5. The molecule has 0 spiro atoms. The molecule has 7 heteroatoms. The minimum Gasteiger partial charge on any atom is -0.319 e. The second-order valence-corrected chi connectivity index (χ2v) is 9.61. The number of carbonyl (C=O) groups excluding carboxylic acids is 1. The van der Waals surface area contributed by atoms with Gasteiger partial charge in [0, 0.05) is 28.7 Å². The van der Waals surface area contributed by atoms with Crippen molar-refractivity contribution in [1.82, 2.24) is 14.4 Å². The molecule has 0 aliphatic carbocycles. The number of hydrogen-bond acceptors (Lipinski definition) is 3. The molecule has 0 atom stereocenters. The number of hydrogen-bond donors (Lipinski definition) is 1. The molecule has 2 aromatic carbocycles. The van der Waals surface area contributed by atoms with Gasteiger partial charge in [0.05, 0.1) is 17.2 Å². The first-order chi connectivity index (χ1) is 16.4. The molecule has 4 aromatic rings. The topological polar surface area (TPSA) is 70.5 Å². The summed E-state index contributed by atoms with van der Waals surface area (Å²) in [5.41, 5.74) is 5.26. The maximum absolute atomic E-state index is 13.6. The molecule has 2 aromatic heterocycles. The van der Waals surface area contributed by atoms with Crippen LogP contribution in [0, 0.1) is 6.92 Å². The minimum atomic E-state index is -0.188. The van der Waals surface area contributed by atoms with E-state index >= 15 is 0 Å². The van der Waals surface area contributed by atoms with E-state index in [0.29, 0.717) is 28.2 Å². The van der Waals surface area contributed by atoms with Crippen molar-refractivity contribution in [3.63, 3.8) is 0 Å².